The third-order valence-corrected chi connectivity index (χ3v) is 5.91. The lowest BCUT2D eigenvalue weighted by atomic mass is 10.1. The Morgan fingerprint density at radius 1 is 0.970 bits per heavy atom. The second-order valence-electron chi connectivity index (χ2n) is 8.28. The molecule has 5 nitrogen and oxygen atoms in total. The molecule has 0 aliphatic carbocycles. The van der Waals surface area contributed by atoms with Gasteiger partial charge in [-0.3, -0.25) is 4.79 Å². The summed E-state index contributed by atoms with van der Waals surface area (Å²) >= 11 is 0. The first-order chi connectivity index (χ1) is 15.7. The van der Waals surface area contributed by atoms with E-state index < -0.39 is 11.7 Å². The molecule has 4 aromatic rings. The van der Waals surface area contributed by atoms with E-state index in [1.54, 1.807) is 4.90 Å². The van der Waals surface area contributed by atoms with Crippen LogP contribution in [-0.4, -0.2) is 25.2 Å². The topological polar surface area (TPSA) is 43.1 Å². The largest absolute Gasteiger partial charge is 0.416 e. The molecule has 8 heteroatoms. The highest BCUT2D eigenvalue weighted by molar-refractivity contribution is 5.94. The van der Waals surface area contributed by atoms with Gasteiger partial charge in [-0.25, -0.2) is 4.68 Å². The maximum absolute atomic E-state index is 13.0. The van der Waals surface area contributed by atoms with Gasteiger partial charge in [0.2, 0.25) is 0 Å². The number of nitrogens with zero attached hydrogens (tertiary/aromatic N) is 4. The smallest absolute Gasteiger partial charge is 0.328 e. The van der Waals surface area contributed by atoms with Crippen molar-refractivity contribution in [3.63, 3.8) is 0 Å². The Morgan fingerprint density at radius 3 is 2.30 bits per heavy atom. The minimum Gasteiger partial charge on any atom is -0.328 e. The van der Waals surface area contributed by atoms with E-state index in [0.717, 1.165) is 46.0 Å². The van der Waals surface area contributed by atoms with Gasteiger partial charge in [0.05, 0.1) is 30.0 Å². The van der Waals surface area contributed by atoms with Gasteiger partial charge < -0.3 is 9.47 Å². The fourth-order valence-electron chi connectivity index (χ4n) is 4.28. The van der Waals surface area contributed by atoms with E-state index in [1.807, 2.05) is 59.8 Å². The summed E-state index contributed by atoms with van der Waals surface area (Å²) in [6.07, 6.45) is -0.579. The Hall–Kier alpha value is -3.81. The Morgan fingerprint density at radius 2 is 1.67 bits per heavy atom. The van der Waals surface area contributed by atoms with Gasteiger partial charge in [-0.2, -0.15) is 18.3 Å². The van der Waals surface area contributed by atoms with Crippen LogP contribution >= 0.6 is 0 Å². The average Bonchev–Trinajstić information content (AvgIpc) is 3.49. The minimum atomic E-state index is -4.44. The number of fused-ring (bicyclic) bond motifs is 1. The SMILES string of the molecule is Cc1ccc(-n2nc3c(c2-n2cccc2)CN(C(=O)c2ccc(C(F)(F)F)cc2)C3)c(C)c1. The first-order valence-corrected chi connectivity index (χ1v) is 10.5. The number of benzene rings is 2. The Kier molecular flexibility index (Phi) is 4.88. The number of amides is 1. The summed E-state index contributed by atoms with van der Waals surface area (Å²) in [5.41, 5.74) is 4.35. The van der Waals surface area contributed by atoms with Crippen LogP contribution in [-0.2, 0) is 19.3 Å². The zero-order chi connectivity index (χ0) is 23.3. The Bertz CT molecular complexity index is 1340. The lowest BCUT2D eigenvalue weighted by Crippen LogP contribution is -2.26. The molecule has 0 unspecified atom stereocenters. The van der Waals surface area contributed by atoms with Crippen molar-refractivity contribution in [1.29, 1.82) is 0 Å². The molecule has 5 rings (SSSR count). The molecule has 0 N–H and O–H groups in total. The number of carbonyl (C=O) groups is 1. The summed E-state index contributed by atoms with van der Waals surface area (Å²) in [6, 6.07) is 14.3. The molecule has 2 aromatic carbocycles. The number of aromatic nitrogens is 3. The molecular formula is C25H21F3N4O. The molecular weight excluding hydrogens is 429 g/mol. The molecule has 1 aliphatic heterocycles. The normalized spacial score (nSPS) is 13.4. The molecule has 0 saturated heterocycles. The summed E-state index contributed by atoms with van der Waals surface area (Å²) < 4.78 is 42.4. The standard InChI is InChI=1S/C25H21F3N4O/c1-16-5-10-22(17(2)13-16)32-23(30-11-3-4-12-30)20-14-31(15-21(20)29-32)24(33)18-6-8-19(9-7-18)25(26,27)28/h3-13H,14-15H2,1-2H3. The molecule has 0 bridgehead atoms. The average molecular weight is 450 g/mol. The molecule has 1 amide bonds. The number of hydrogen-bond donors (Lipinski definition) is 0. The van der Waals surface area contributed by atoms with E-state index in [9.17, 15) is 18.0 Å². The van der Waals surface area contributed by atoms with Crippen LogP contribution in [0.4, 0.5) is 13.2 Å². The molecule has 33 heavy (non-hydrogen) atoms. The number of carbonyl (C=O) groups excluding carboxylic acids is 1. The maximum Gasteiger partial charge on any atom is 0.416 e. The second kappa shape index (κ2) is 7.65. The van der Waals surface area contributed by atoms with Crippen LogP contribution < -0.4 is 0 Å². The van der Waals surface area contributed by atoms with Gasteiger partial charge in [-0.05, 0) is 61.9 Å². The lowest BCUT2D eigenvalue weighted by molar-refractivity contribution is -0.137. The molecule has 0 atom stereocenters. The highest BCUT2D eigenvalue weighted by Crippen LogP contribution is 2.33. The van der Waals surface area contributed by atoms with Crippen LogP contribution in [0, 0.1) is 13.8 Å². The Balaban J connectivity index is 1.49. The third-order valence-electron chi connectivity index (χ3n) is 5.91. The van der Waals surface area contributed by atoms with Crippen LogP contribution in [0.1, 0.15) is 38.3 Å². The van der Waals surface area contributed by atoms with Crippen molar-refractivity contribution >= 4 is 5.91 Å². The molecule has 0 fully saturated rings. The van der Waals surface area contributed by atoms with E-state index in [-0.39, 0.29) is 11.5 Å². The van der Waals surface area contributed by atoms with Gasteiger partial charge in [0, 0.05) is 23.5 Å². The Labute approximate surface area is 188 Å². The van der Waals surface area contributed by atoms with E-state index in [1.165, 1.54) is 12.1 Å². The van der Waals surface area contributed by atoms with Crippen LogP contribution in [0.3, 0.4) is 0 Å². The first kappa shape index (κ1) is 21.1. The van der Waals surface area contributed by atoms with Crippen molar-refractivity contribution in [2.24, 2.45) is 0 Å². The summed E-state index contributed by atoms with van der Waals surface area (Å²) in [5, 5.41) is 4.83. The van der Waals surface area contributed by atoms with Crippen LogP contribution in [0.2, 0.25) is 0 Å². The van der Waals surface area contributed by atoms with Gasteiger partial charge in [-0.1, -0.05) is 17.7 Å². The predicted octanol–water partition coefficient (Wildman–Crippen LogP) is 5.45. The molecule has 1 aliphatic rings. The molecule has 0 radical (unpaired) electrons. The van der Waals surface area contributed by atoms with Gasteiger partial charge in [0.25, 0.3) is 5.91 Å². The number of rotatable bonds is 3. The van der Waals surface area contributed by atoms with Crippen molar-refractivity contribution < 1.29 is 18.0 Å². The number of halogens is 3. The molecule has 2 aromatic heterocycles. The number of aryl methyl sites for hydroxylation is 2. The minimum absolute atomic E-state index is 0.220. The first-order valence-electron chi connectivity index (χ1n) is 10.5. The van der Waals surface area contributed by atoms with Gasteiger partial charge >= 0.3 is 6.18 Å². The number of alkyl halides is 3. The fraction of sp³-hybridized carbons (Fsp3) is 0.200. The lowest BCUT2D eigenvalue weighted by Gasteiger charge is -2.18. The van der Waals surface area contributed by atoms with E-state index in [2.05, 4.69) is 6.07 Å². The summed E-state index contributed by atoms with van der Waals surface area (Å²) in [5.74, 6) is 0.530. The van der Waals surface area contributed by atoms with Crippen molar-refractivity contribution in [3.8, 4) is 11.5 Å². The van der Waals surface area contributed by atoms with Crippen LogP contribution in [0.25, 0.3) is 11.5 Å². The monoisotopic (exact) mass is 450 g/mol. The van der Waals surface area contributed by atoms with Gasteiger partial charge in [-0.15, -0.1) is 0 Å². The van der Waals surface area contributed by atoms with Crippen molar-refractivity contribution in [1.82, 2.24) is 19.2 Å². The summed E-state index contributed by atoms with van der Waals surface area (Å²) in [4.78, 5) is 14.6. The quantitative estimate of drug-likeness (QED) is 0.416. The third kappa shape index (κ3) is 3.71. The van der Waals surface area contributed by atoms with E-state index in [4.69, 9.17) is 5.10 Å². The zero-order valence-corrected chi connectivity index (χ0v) is 18.1. The molecule has 3 heterocycles. The van der Waals surface area contributed by atoms with Gasteiger partial charge in [0.15, 0.2) is 0 Å². The van der Waals surface area contributed by atoms with Crippen molar-refractivity contribution in [3.05, 3.63) is 101 Å². The summed E-state index contributed by atoms with van der Waals surface area (Å²) in [7, 11) is 0. The summed E-state index contributed by atoms with van der Waals surface area (Å²) in [6.45, 7) is 4.70. The predicted molar refractivity (Wildman–Crippen MR) is 117 cm³/mol. The van der Waals surface area contributed by atoms with E-state index >= 15 is 0 Å². The second-order valence-corrected chi connectivity index (χ2v) is 8.28. The van der Waals surface area contributed by atoms with Crippen LogP contribution in [0.15, 0.2) is 67.0 Å². The van der Waals surface area contributed by atoms with E-state index in [0.29, 0.717) is 13.1 Å². The highest BCUT2D eigenvalue weighted by atomic mass is 19.4. The molecule has 168 valence electrons. The van der Waals surface area contributed by atoms with Crippen molar-refractivity contribution in [2.75, 3.05) is 0 Å². The number of hydrogen-bond acceptors (Lipinski definition) is 2. The van der Waals surface area contributed by atoms with Gasteiger partial charge in [0.1, 0.15) is 5.82 Å². The van der Waals surface area contributed by atoms with Crippen molar-refractivity contribution in [2.45, 2.75) is 33.1 Å². The molecule has 0 spiro atoms. The fourth-order valence-corrected chi connectivity index (χ4v) is 4.28. The zero-order valence-electron chi connectivity index (χ0n) is 18.1. The highest BCUT2D eigenvalue weighted by Gasteiger charge is 2.33. The molecule has 0 saturated carbocycles. The van der Waals surface area contributed by atoms with Crippen LogP contribution in [0.5, 0.6) is 0 Å². The maximum atomic E-state index is 13.0.